The van der Waals surface area contributed by atoms with Gasteiger partial charge in [-0.2, -0.15) is 0 Å². The number of benzene rings is 1. The molecule has 1 amide bonds. The van der Waals surface area contributed by atoms with Gasteiger partial charge in [-0.1, -0.05) is 11.6 Å². The van der Waals surface area contributed by atoms with Crippen LogP contribution in [0.4, 0.5) is 4.39 Å². The Morgan fingerprint density at radius 1 is 1.50 bits per heavy atom. The normalized spacial score (nSPS) is 32.1. The maximum atomic E-state index is 13.7. The number of ether oxygens (including phenoxy) is 1. The summed E-state index contributed by atoms with van der Waals surface area (Å²) in [6, 6.07) is 3.61. The van der Waals surface area contributed by atoms with Gasteiger partial charge < -0.3 is 15.8 Å². The summed E-state index contributed by atoms with van der Waals surface area (Å²) in [6.45, 7) is 0.690. The molecule has 3 rings (SSSR count). The highest BCUT2D eigenvalue weighted by Crippen LogP contribution is 2.37. The zero-order chi connectivity index (χ0) is 14.3. The predicted molar refractivity (Wildman–Crippen MR) is 73.1 cm³/mol. The van der Waals surface area contributed by atoms with Gasteiger partial charge in [-0.3, -0.25) is 4.79 Å². The lowest BCUT2D eigenvalue weighted by Gasteiger charge is -2.52. The van der Waals surface area contributed by atoms with Crippen molar-refractivity contribution in [2.24, 2.45) is 11.7 Å². The number of nitrogens with one attached hydrogen (secondary N) is 1. The molecule has 4 atom stereocenters. The van der Waals surface area contributed by atoms with E-state index in [4.69, 9.17) is 22.1 Å². The largest absolute Gasteiger partial charge is 0.376 e. The fraction of sp³-hybridized carbons (Fsp3) is 0.500. The van der Waals surface area contributed by atoms with E-state index in [0.29, 0.717) is 12.5 Å². The number of carbonyl (C=O) groups is 1. The average Bonchev–Trinajstić information content (AvgIpc) is 2.44. The van der Waals surface area contributed by atoms with Gasteiger partial charge in [0, 0.05) is 23.6 Å². The summed E-state index contributed by atoms with van der Waals surface area (Å²) >= 11 is 5.67. The molecule has 4 nitrogen and oxygen atoms in total. The molecule has 1 saturated heterocycles. The average molecular weight is 299 g/mol. The second-order valence-electron chi connectivity index (χ2n) is 5.34. The van der Waals surface area contributed by atoms with Gasteiger partial charge in [0.05, 0.1) is 17.7 Å². The highest BCUT2D eigenvalue weighted by Gasteiger charge is 2.51. The van der Waals surface area contributed by atoms with Crippen molar-refractivity contribution in [2.75, 3.05) is 6.61 Å². The van der Waals surface area contributed by atoms with Gasteiger partial charge in [0.25, 0.3) is 5.91 Å². The van der Waals surface area contributed by atoms with Crippen LogP contribution in [0.15, 0.2) is 18.2 Å². The van der Waals surface area contributed by atoms with Gasteiger partial charge >= 0.3 is 0 Å². The first kappa shape index (κ1) is 13.8. The van der Waals surface area contributed by atoms with Crippen LogP contribution in [0.25, 0.3) is 0 Å². The predicted octanol–water partition coefficient (Wildman–Crippen LogP) is 1.71. The van der Waals surface area contributed by atoms with Crippen LogP contribution in [0.3, 0.4) is 0 Å². The van der Waals surface area contributed by atoms with Crippen LogP contribution < -0.4 is 11.1 Å². The van der Waals surface area contributed by atoms with E-state index in [-0.39, 0.29) is 28.8 Å². The Balaban J connectivity index is 1.70. The standard InChI is InChI=1S/C14H16ClFN2O2/c15-7-3-4-8(10(16)6-7)14(19)18-12-11(17)9-2-1-5-20-13(9)12/h3-4,6,9,11-13H,1-2,5,17H2,(H,18,19). The van der Waals surface area contributed by atoms with Crippen molar-refractivity contribution in [3.05, 3.63) is 34.6 Å². The number of hydrogen-bond donors (Lipinski definition) is 2. The monoisotopic (exact) mass is 298 g/mol. The highest BCUT2D eigenvalue weighted by molar-refractivity contribution is 6.30. The van der Waals surface area contributed by atoms with Crippen molar-refractivity contribution in [3.8, 4) is 0 Å². The number of rotatable bonds is 2. The van der Waals surface area contributed by atoms with E-state index >= 15 is 0 Å². The van der Waals surface area contributed by atoms with Gasteiger partial charge in [-0.15, -0.1) is 0 Å². The third kappa shape index (κ3) is 2.30. The first-order chi connectivity index (χ1) is 9.58. The minimum atomic E-state index is -0.635. The molecule has 4 unspecified atom stereocenters. The van der Waals surface area contributed by atoms with Crippen molar-refractivity contribution >= 4 is 17.5 Å². The van der Waals surface area contributed by atoms with Crippen LogP contribution in [-0.4, -0.2) is 30.7 Å². The smallest absolute Gasteiger partial charge is 0.254 e. The van der Waals surface area contributed by atoms with E-state index in [1.54, 1.807) is 0 Å². The van der Waals surface area contributed by atoms with E-state index in [1.165, 1.54) is 12.1 Å². The number of amides is 1. The number of carbonyl (C=O) groups excluding carboxylic acids is 1. The van der Waals surface area contributed by atoms with E-state index in [9.17, 15) is 9.18 Å². The fourth-order valence-corrected chi connectivity index (χ4v) is 3.19. The Morgan fingerprint density at radius 2 is 2.30 bits per heavy atom. The third-order valence-electron chi connectivity index (χ3n) is 4.15. The highest BCUT2D eigenvalue weighted by atomic mass is 35.5. The number of halogens is 2. The molecule has 1 heterocycles. The maximum Gasteiger partial charge on any atom is 0.254 e. The maximum absolute atomic E-state index is 13.7. The lowest BCUT2D eigenvalue weighted by Crippen LogP contribution is -2.72. The van der Waals surface area contributed by atoms with Gasteiger partial charge in [-0.05, 0) is 31.0 Å². The Labute approximate surface area is 121 Å². The second kappa shape index (κ2) is 5.31. The van der Waals surface area contributed by atoms with Crippen LogP contribution in [0, 0.1) is 11.7 Å². The lowest BCUT2D eigenvalue weighted by atomic mass is 9.68. The fourth-order valence-electron chi connectivity index (χ4n) is 3.03. The Bertz CT molecular complexity index is 540. The summed E-state index contributed by atoms with van der Waals surface area (Å²) in [5.74, 6) is -0.819. The summed E-state index contributed by atoms with van der Waals surface area (Å²) in [6.07, 6.45) is 1.98. The summed E-state index contributed by atoms with van der Waals surface area (Å²) in [7, 11) is 0. The topological polar surface area (TPSA) is 64.3 Å². The molecule has 0 radical (unpaired) electrons. The molecule has 1 saturated carbocycles. The molecule has 2 fully saturated rings. The molecular weight excluding hydrogens is 283 g/mol. The molecule has 6 heteroatoms. The first-order valence-corrected chi connectivity index (χ1v) is 7.09. The molecule has 108 valence electrons. The molecule has 0 spiro atoms. The molecule has 1 aliphatic heterocycles. The zero-order valence-electron chi connectivity index (χ0n) is 10.8. The van der Waals surface area contributed by atoms with Crippen molar-refractivity contribution in [1.29, 1.82) is 0 Å². The zero-order valence-corrected chi connectivity index (χ0v) is 11.6. The van der Waals surface area contributed by atoms with Crippen molar-refractivity contribution in [3.63, 3.8) is 0 Å². The number of hydrogen-bond acceptors (Lipinski definition) is 3. The van der Waals surface area contributed by atoms with E-state index in [1.807, 2.05) is 0 Å². The quantitative estimate of drug-likeness (QED) is 0.874. The van der Waals surface area contributed by atoms with Crippen LogP contribution in [-0.2, 0) is 4.74 Å². The molecule has 1 aromatic rings. The summed E-state index contributed by atoms with van der Waals surface area (Å²) in [5, 5.41) is 3.03. The summed E-state index contributed by atoms with van der Waals surface area (Å²) < 4.78 is 19.3. The second-order valence-corrected chi connectivity index (χ2v) is 5.78. The van der Waals surface area contributed by atoms with Crippen LogP contribution >= 0.6 is 11.6 Å². The van der Waals surface area contributed by atoms with Gasteiger partial charge in [-0.25, -0.2) is 4.39 Å². The van der Waals surface area contributed by atoms with Crippen LogP contribution in [0.1, 0.15) is 23.2 Å². The van der Waals surface area contributed by atoms with E-state index in [2.05, 4.69) is 5.32 Å². The van der Waals surface area contributed by atoms with Crippen molar-refractivity contribution in [1.82, 2.24) is 5.32 Å². The third-order valence-corrected chi connectivity index (χ3v) is 4.39. The molecule has 0 aromatic heterocycles. The van der Waals surface area contributed by atoms with Crippen molar-refractivity contribution < 1.29 is 13.9 Å². The van der Waals surface area contributed by atoms with Crippen LogP contribution in [0.5, 0.6) is 0 Å². The summed E-state index contributed by atoms with van der Waals surface area (Å²) in [5.41, 5.74) is 6.03. The molecule has 1 aromatic carbocycles. The first-order valence-electron chi connectivity index (χ1n) is 6.71. The van der Waals surface area contributed by atoms with Gasteiger partial charge in [0.1, 0.15) is 5.82 Å². The molecular formula is C14H16ClFN2O2. The van der Waals surface area contributed by atoms with Crippen LogP contribution in [0.2, 0.25) is 5.02 Å². The Kier molecular flexibility index (Phi) is 3.67. The minimum Gasteiger partial charge on any atom is -0.376 e. The minimum absolute atomic E-state index is 0.0270. The van der Waals surface area contributed by atoms with Gasteiger partial charge in [0.15, 0.2) is 0 Å². The van der Waals surface area contributed by atoms with Crippen molar-refractivity contribution in [2.45, 2.75) is 31.0 Å². The molecule has 20 heavy (non-hydrogen) atoms. The Morgan fingerprint density at radius 3 is 3.05 bits per heavy atom. The Hall–Kier alpha value is -1.17. The number of fused-ring (bicyclic) bond motifs is 1. The molecule has 0 bridgehead atoms. The number of nitrogens with two attached hydrogens (primary N) is 1. The summed E-state index contributed by atoms with van der Waals surface area (Å²) in [4.78, 5) is 12.1. The molecule has 2 aliphatic rings. The molecule has 3 N–H and O–H groups in total. The van der Waals surface area contributed by atoms with E-state index in [0.717, 1.165) is 18.9 Å². The van der Waals surface area contributed by atoms with Gasteiger partial charge in [0.2, 0.25) is 0 Å². The van der Waals surface area contributed by atoms with E-state index < -0.39 is 11.7 Å². The molecule has 1 aliphatic carbocycles. The SMILES string of the molecule is NC1C2CCCOC2C1NC(=O)c1ccc(Cl)cc1F. The lowest BCUT2D eigenvalue weighted by molar-refractivity contribution is -0.117.